The molecule has 1 aliphatic heterocycles. The molecule has 1 aromatic carbocycles. The van der Waals surface area contributed by atoms with Crippen molar-refractivity contribution in [1.29, 1.82) is 0 Å². The molecule has 21 heavy (non-hydrogen) atoms. The van der Waals surface area contributed by atoms with Gasteiger partial charge in [0, 0.05) is 25.7 Å². The van der Waals surface area contributed by atoms with Crippen molar-refractivity contribution in [2.75, 3.05) is 25.5 Å². The number of piperazine rings is 1. The SMILES string of the molecule is C[C@@H]1CN(C(=O)CCl)CCN1C(=O)OCc1ccccc1. The summed E-state index contributed by atoms with van der Waals surface area (Å²) in [4.78, 5) is 27.0. The Kier molecular flexibility index (Phi) is 5.44. The fraction of sp³-hybridized carbons (Fsp3) is 0.467. The van der Waals surface area contributed by atoms with Crippen LogP contribution in [0.2, 0.25) is 0 Å². The molecule has 0 aromatic heterocycles. The van der Waals surface area contributed by atoms with Crippen LogP contribution in [0, 0.1) is 0 Å². The number of halogens is 1. The highest BCUT2D eigenvalue weighted by molar-refractivity contribution is 6.27. The molecule has 0 N–H and O–H groups in total. The molecule has 1 heterocycles. The molecule has 1 aromatic rings. The lowest BCUT2D eigenvalue weighted by Crippen LogP contribution is -2.55. The van der Waals surface area contributed by atoms with Crippen LogP contribution in [0.3, 0.4) is 0 Å². The first-order chi connectivity index (χ1) is 10.1. The van der Waals surface area contributed by atoms with Crippen LogP contribution in [0.15, 0.2) is 30.3 Å². The minimum Gasteiger partial charge on any atom is -0.445 e. The van der Waals surface area contributed by atoms with E-state index < -0.39 is 0 Å². The monoisotopic (exact) mass is 310 g/mol. The number of amides is 2. The zero-order valence-corrected chi connectivity index (χ0v) is 12.8. The van der Waals surface area contributed by atoms with E-state index in [-0.39, 0.29) is 30.5 Å². The maximum absolute atomic E-state index is 12.1. The number of carbonyl (C=O) groups is 2. The summed E-state index contributed by atoms with van der Waals surface area (Å²) in [6.45, 7) is 3.62. The van der Waals surface area contributed by atoms with Crippen LogP contribution in [-0.4, -0.2) is 53.4 Å². The zero-order valence-electron chi connectivity index (χ0n) is 12.0. The highest BCUT2D eigenvalue weighted by Crippen LogP contribution is 2.12. The molecule has 5 nitrogen and oxygen atoms in total. The molecule has 0 unspecified atom stereocenters. The maximum Gasteiger partial charge on any atom is 0.410 e. The molecule has 1 aliphatic rings. The standard InChI is InChI=1S/C15H19ClN2O3/c1-12-10-17(14(19)9-16)7-8-18(12)15(20)21-11-13-5-3-2-4-6-13/h2-6,12H,7-11H2,1H3/t12-/m1/s1. The van der Waals surface area contributed by atoms with Crippen LogP contribution in [0.1, 0.15) is 12.5 Å². The summed E-state index contributed by atoms with van der Waals surface area (Å²) in [5.41, 5.74) is 0.953. The summed E-state index contributed by atoms with van der Waals surface area (Å²) in [6, 6.07) is 9.47. The van der Waals surface area contributed by atoms with E-state index in [1.54, 1.807) is 9.80 Å². The second-order valence-electron chi connectivity index (χ2n) is 5.06. The molecular formula is C15H19ClN2O3. The van der Waals surface area contributed by atoms with E-state index in [0.29, 0.717) is 19.6 Å². The number of nitrogens with zero attached hydrogens (tertiary/aromatic N) is 2. The Hall–Kier alpha value is -1.75. The largest absolute Gasteiger partial charge is 0.445 e. The molecule has 0 aliphatic carbocycles. The van der Waals surface area contributed by atoms with Crippen molar-refractivity contribution in [3.05, 3.63) is 35.9 Å². The van der Waals surface area contributed by atoms with Crippen LogP contribution >= 0.6 is 11.6 Å². The van der Waals surface area contributed by atoms with Crippen molar-refractivity contribution in [3.8, 4) is 0 Å². The molecule has 1 atom stereocenters. The van der Waals surface area contributed by atoms with Gasteiger partial charge in [0.2, 0.25) is 5.91 Å². The number of alkyl halides is 1. The van der Waals surface area contributed by atoms with Gasteiger partial charge in [0.05, 0.1) is 0 Å². The summed E-state index contributed by atoms with van der Waals surface area (Å²) in [5.74, 6) is -0.119. The number of benzene rings is 1. The number of carbonyl (C=O) groups excluding carboxylic acids is 2. The number of hydrogen-bond donors (Lipinski definition) is 0. The van der Waals surface area contributed by atoms with Crippen molar-refractivity contribution < 1.29 is 14.3 Å². The predicted molar refractivity (Wildman–Crippen MR) is 80.1 cm³/mol. The van der Waals surface area contributed by atoms with E-state index in [9.17, 15) is 9.59 Å². The predicted octanol–water partition coefficient (Wildman–Crippen LogP) is 2.09. The zero-order chi connectivity index (χ0) is 15.2. The van der Waals surface area contributed by atoms with Gasteiger partial charge in [-0.15, -0.1) is 11.6 Å². The Balaban J connectivity index is 1.85. The van der Waals surface area contributed by atoms with Crippen molar-refractivity contribution in [2.24, 2.45) is 0 Å². The molecule has 1 saturated heterocycles. The fourth-order valence-corrected chi connectivity index (χ4v) is 2.51. The Morgan fingerprint density at radius 2 is 2.00 bits per heavy atom. The highest BCUT2D eigenvalue weighted by atomic mass is 35.5. The average Bonchev–Trinajstić information content (AvgIpc) is 2.52. The molecule has 114 valence electrons. The molecule has 0 bridgehead atoms. The van der Waals surface area contributed by atoms with Gasteiger partial charge in [0.15, 0.2) is 0 Å². The molecule has 2 rings (SSSR count). The smallest absolute Gasteiger partial charge is 0.410 e. The molecule has 0 saturated carbocycles. The van der Waals surface area contributed by atoms with Gasteiger partial charge >= 0.3 is 6.09 Å². The molecule has 0 spiro atoms. The van der Waals surface area contributed by atoms with Crippen LogP contribution < -0.4 is 0 Å². The Bertz CT molecular complexity index is 495. The van der Waals surface area contributed by atoms with Gasteiger partial charge in [0.25, 0.3) is 0 Å². The summed E-state index contributed by atoms with van der Waals surface area (Å²) >= 11 is 5.55. The minimum atomic E-state index is -0.343. The Labute approximate surface area is 129 Å². The summed E-state index contributed by atoms with van der Waals surface area (Å²) in [5, 5.41) is 0. The van der Waals surface area contributed by atoms with E-state index in [1.165, 1.54) is 0 Å². The number of rotatable bonds is 3. The van der Waals surface area contributed by atoms with E-state index >= 15 is 0 Å². The van der Waals surface area contributed by atoms with Gasteiger partial charge in [-0.3, -0.25) is 4.79 Å². The summed E-state index contributed by atoms with van der Waals surface area (Å²) in [6.07, 6.45) is -0.343. The summed E-state index contributed by atoms with van der Waals surface area (Å²) in [7, 11) is 0. The third kappa shape index (κ3) is 4.11. The first-order valence-electron chi connectivity index (χ1n) is 6.93. The first-order valence-corrected chi connectivity index (χ1v) is 7.46. The lowest BCUT2D eigenvalue weighted by atomic mass is 10.2. The minimum absolute atomic E-state index is 0.0226. The van der Waals surface area contributed by atoms with E-state index in [0.717, 1.165) is 5.56 Å². The van der Waals surface area contributed by atoms with Gasteiger partial charge in [-0.25, -0.2) is 4.79 Å². The number of ether oxygens (including phenoxy) is 1. The van der Waals surface area contributed by atoms with Crippen molar-refractivity contribution in [2.45, 2.75) is 19.6 Å². The molecule has 1 fully saturated rings. The lowest BCUT2D eigenvalue weighted by molar-refractivity contribution is -0.131. The highest BCUT2D eigenvalue weighted by Gasteiger charge is 2.30. The van der Waals surface area contributed by atoms with Gasteiger partial charge in [0.1, 0.15) is 12.5 Å². The van der Waals surface area contributed by atoms with Gasteiger partial charge in [-0.1, -0.05) is 30.3 Å². The maximum atomic E-state index is 12.1. The third-order valence-electron chi connectivity index (χ3n) is 3.53. The molecule has 6 heteroatoms. The van der Waals surface area contributed by atoms with Crippen LogP contribution in [0.4, 0.5) is 4.79 Å². The van der Waals surface area contributed by atoms with Crippen molar-refractivity contribution in [1.82, 2.24) is 9.80 Å². The summed E-state index contributed by atoms with van der Waals surface area (Å²) < 4.78 is 5.32. The second kappa shape index (κ2) is 7.31. The Morgan fingerprint density at radius 3 is 2.62 bits per heavy atom. The van der Waals surface area contributed by atoms with Crippen LogP contribution in [0.5, 0.6) is 0 Å². The topological polar surface area (TPSA) is 49.9 Å². The number of hydrogen-bond acceptors (Lipinski definition) is 3. The third-order valence-corrected chi connectivity index (χ3v) is 3.76. The van der Waals surface area contributed by atoms with Gasteiger partial charge in [-0.05, 0) is 12.5 Å². The van der Waals surface area contributed by atoms with E-state index in [4.69, 9.17) is 16.3 Å². The lowest BCUT2D eigenvalue weighted by Gasteiger charge is -2.38. The van der Waals surface area contributed by atoms with Crippen LogP contribution in [-0.2, 0) is 16.1 Å². The molecule has 0 radical (unpaired) electrons. The van der Waals surface area contributed by atoms with E-state index in [1.807, 2.05) is 37.3 Å². The normalized spacial score (nSPS) is 18.5. The van der Waals surface area contributed by atoms with E-state index in [2.05, 4.69) is 0 Å². The molecular weight excluding hydrogens is 292 g/mol. The quantitative estimate of drug-likeness (QED) is 0.803. The van der Waals surface area contributed by atoms with Gasteiger partial charge < -0.3 is 14.5 Å². The van der Waals surface area contributed by atoms with Gasteiger partial charge in [-0.2, -0.15) is 0 Å². The first kappa shape index (κ1) is 15.6. The molecule has 2 amide bonds. The Morgan fingerprint density at radius 1 is 1.29 bits per heavy atom. The van der Waals surface area contributed by atoms with Crippen LogP contribution in [0.25, 0.3) is 0 Å². The fourth-order valence-electron chi connectivity index (χ4n) is 2.34. The van der Waals surface area contributed by atoms with Crippen molar-refractivity contribution >= 4 is 23.6 Å². The van der Waals surface area contributed by atoms with Crippen molar-refractivity contribution in [3.63, 3.8) is 0 Å². The second-order valence-corrected chi connectivity index (χ2v) is 5.32. The average molecular weight is 311 g/mol.